The molecule has 5 rings (SSSR count). The Labute approximate surface area is 232 Å². The Morgan fingerprint density at radius 2 is 1.77 bits per heavy atom. The van der Waals surface area contributed by atoms with Gasteiger partial charge in [-0.05, 0) is 77.9 Å². The number of aryl methyl sites for hydroxylation is 1. The lowest BCUT2D eigenvalue weighted by Crippen LogP contribution is -2.30. The van der Waals surface area contributed by atoms with Crippen LogP contribution < -0.4 is 10.2 Å². The first kappa shape index (κ1) is 26.6. The molecule has 202 valence electrons. The van der Waals surface area contributed by atoms with E-state index < -0.39 is 10.9 Å². The van der Waals surface area contributed by atoms with Crippen molar-refractivity contribution < 1.29 is 19.6 Å². The number of carboxylic acids is 1. The summed E-state index contributed by atoms with van der Waals surface area (Å²) in [6.45, 7) is 3.40. The second-order valence-electron chi connectivity index (χ2n) is 9.96. The van der Waals surface area contributed by atoms with Gasteiger partial charge in [-0.3, -0.25) is 14.9 Å². The summed E-state index contributed by atoms with van der Waals surface area (Å²) in [5, 5.41) is 23.5. The zero-order valence-corrected chi connectivity index (χ0v) is 22.0. The van der Waals surface area contributed by atoms with Gasteiger partial charge < -0.3 is 15.3 Å². The molecule has 0 bridgehead atoms. The van der Waals surface area contributed by atoms with Crippen molar-refractivity contribution >= 4 is 23.3 Å². The van der Waals surface area contributed by atoms with Crippen molar-refractivity contribution in [1.82, 2.24) is 5.32 Å². The van der Waals surface area contributed by atoms with Crippen LogP contribution in [-0.4, -0.2) is 28.5 Å². The third-order valence-electron chi connectivity index (χ3n) is 7.28. The first-order valence-electron chi connectivity index (χ1n) is 13.1. The molecule has 0 aromatic heterocycles. The highest BCUT2D eigenvalue weighted by Crippen LogP contribution is 2.31. The molecule has 1 unspecified atom stereocenters. The van der Waals surface area contributed by atoms with E-state index in [-0.39, 0.29) is 23.2 Å². The molecule has 1 amide bonds. The van der Waals surface area contributed by atoms with Crippen LogP contribution in [0, 0.1) is 10.1 Å². The highest BCUT2D eigenvalue weighted by atomic mass is 16.6. The van der Waals surface area contributed by atoms with Gasteiger partial charge in [0.25, 0.3) is 11.6 Å². The molecule has 0 radical (unpaired) electrons. The number of benzene rings is 4. The van der Waals surface area contributed by atoms with Gasteiger partial charge in [-0.25, -0.2) is 4.79 Å². The lowest BCUT2D eigenvalue weighted by atomic mass is 9.96. The monoisotopic (exact) mass is 535 g/mol. The highest BCUT2D eigenvalue weighted by molar-refractivity contribution is 5.96. The number of nitrogens with one attached hydrogen (secondary N) is 1. The minimum absolute atomic E-state index is 0.0123. The van der Waals surface area contributed by atoms with Gasteiger partial charge in [0.15, 0.2) is 0 Å². The number of fused-ring (bicyclic) bond motifs is 1. The lowest BCUT2D eigenvalue weighted by molar-refractivity contribution is -0.384. The fourth-order valence-corrected chi connectivity index (χ4v) is 5.21. The van der Waals surface area contributed by atoms with Gasteiger partial charge in [0, 0.05) is 36.5 Å². The van der Waals surface area contributed by atoms with Gasteiger partial charge in [0.2, 0.25) is 0 Å². The molecule has 4 aromatic carbocycles. The molecule has 40 heavy (non-hydrogen) atoms. The van der Waals surface area contributed by atoms with Crippen LogP contribution in [-0.2, 0) is 13.0 Å². The fraction of sp³-hybridized carbons (Fsp3) is 0.188. The predicted octanol–water partition coefficient (Wildman–Crippen LogP) is 6.40. The molecular weight excluding hydrogens is 506 g/mol. The molecular formula is C32H29N3O5. The number of rotatable bonds is 8. The maximum absolute atomic E-state index is 13.0. The van der Waals surface area contributed by atoms with Crippen molar-refractivity contribution in [3.8, 4) is 11.1 Å². The van der Waals surface area contributed by atoms with E-state index >= 15 is 0 Å². The number of nitrogens with zero attached hydrogens (tertiary/aromatic N) is 2. The number of hydrogen-bond donors (Lipinski definition) is 2. The van der Waals surface area contributed by atoms with Crippen LogP contribution in [0.2, 0.25) is 0 Å². The van der Waals surface area contributed by atoms with Crippen LogP contribution in [0.5, 0.6) is 0 Å². The maximum Gasteiger partial charge on any atom is 0.336 e. The van der Waals surface area contributed by atoms with Crippen molar-refractivity contribution in [2.45, 2.75) is 32.4 Å². The molecule has 1 heterocycles. The normalized spacial score (nSPS) is 13.3. The molecule has 0 aliphatic carbocycles. The third-order valence-corrected chi connectivity index (χ3v) is 7.28. The van der Waals surface area contributed by atoms with Crippen molar-refractivity contribution in [2.75, 3.05) is 11.4 Å². The average Bonchev–Trinajstić information content (AvgIpc) is 2.97. The van der Waals surface area contributed by atoms with Crippen LogP contribution in [0.1, 0.15) is 56.8 Å². The molecule has 4 aromatic rings. The van der Waals surface area contributed by atoms with Gasteiger partial charge in [0.05, 0.1) is 16.5 Å². The number of nitro groups is 1. The van der Waals surface area contributed by atoms with Gasteiger partial charge >= 0.3 is 5.97 Å². The van der Waals surface area contributed by atoms with Crippen LogP contribution in [0.15, 0.2) is 91.0 Å². The molecule has 2 N–H and O–H groups in total. The Morgan fingerprint density at radius 1 is 1.00 bits per heavy atom. The van der Waals surface area contributed by atoms with Gasteiger partial charge in [-0.2, -0.15) is 0 Å². The number of nitro benzene ring substituents is 1. The molecule has 8 nitrogen and oxygen atoms in total. The minimum atomic E-state index is -0.951. The van der Waals surface area contributed by atoms with Crippen molar-refractivity contribution in [2.24, 2.45) is 0 Å². The zero-order chi connectivity index (χ0) is 28.2. The second kappa shape index (κ2) is 11.4. The molecule has 8 heteroatoms. The van der Waals surface area contributed by atoms with E-state index in [0.717, 1.165) is 47.3 Å². The Balaban J connectivity index is 1.31. The number of carboxylic acid groups (broad SMARTS) is 1. The summed E-state index contributed by atoms with van der Waals surface area (Å²) in [6, 6.07) is 26.6. The molecule has 0 saturated heterocycles. The van der Waals surface area contributed by atoms with Crippen molar-refractivity contribution in [3.63, 3.8) is 0 Å². The van der Waals surface area contributed by atoms with E-state index in [1.807, 2.05) is 61.5 Å². The summed E-state index contributed by atoms with van der Waals surface area (Å²) in [4.78, 5) is 37.5. The van der Waals surface area contributed by atoms with Gasteiger partial charge in [0.1, 0.15) is 0 Å². The third kappa shape index (κ3) is 5.71. The number of non-ortho nitro benzene ring substituents is 1. The lowest BCUT2D eigenvalue weighted by Gasteiger charge is -2.32. The largest absolute Gasteiger partial charge is 0.478 e. The first-order valence-corrected chi connectivity index (χ1v) is 13.1. The zero-order valence-electron chi connectivity index (χ0n) is 22.0. The second-order valence-corrected chi connectivity index (χ2v) is 9.96. The summed E-state index contributed by atoms with van der Waals surface area (Å²) < 4.78 is 0. The minimum Gasteiger partial charge on any atom is -0.478 e. The highest BCUT2D eigenvalue weighted by Gasteiger charge is 2.20. The standard InChI is InChI=1S/C32H29N3O5/c1-21(23-11-14-27(15-12-23)35(39)40)33-31(36)26-13-16-30-25(19-26)8-5-17-34(30)20-22-6-4-7-24(18-22)28-9-2-3-10-29(28)32(37)38/h2-4,6-7,9-16,18-19,21H,5,8,17,20H2,1H3,(H,33,36)(H,37,38). The average molecular weight is 536 g/mol. The molecule has 0 fully saturated rings. The predicted molar refractivity (Wildman–Crippen MR) is 154 cm³/mol. The summed E-state index contributed by atoms with van der Waals surface area (Å²) >= 11 is 0. The van der Waals surface area contributed by atoms with Crippen molar-refractivity contribution in [3.05, 3.63) is 129 Å². The van der Waals surface area contributed by atoms with E-state index in [4.69, 9.17) is 0 Å². The van der Waals surface area contributed by atoms with E-state index in [9.17, 15) is 24.8 Å². The summed E-state index contributed by atoms with van der Waals surface area (Å²) in [7, 11) is 0. The molecule has 1 atom stereocenters. The molecule has 0 spiro atoms. The Morgan fingerprint density at radius 3 is 2.52 bits per heavy atom. The van der Waals surface area contributed by atoms with Crippen LogP contribution in [0.4, 0.5) is 11.4 Å². The van der Waals surface area contributed by atoms with Gasteiger partial charge in [-0.1, -0.05) is 48.5 Å². The summed E-state index contributed by atoms with van der Waals surface area (Å²) in [6.07, 6.45) is 1.83. The van der Waals surface area contributed by atoms with Crippen LogP contribution >= 0.6 is 0 Å². The Kier molecular flexibility index (Phi) is 7.59. The van der Waals surface area contributed by atoms with Crippen molar-refractivity contribution in [1.29, 1.82) is 0 Å². The molecule has 1 aliphatic heterocycles. The molecule has 1 aliphatic rings. The van der Waals surface area contributed by atoms with E-state index in [2.05, 4.69) is 10.2 Å². The Hall–Kier alpha value is -4.98. The number of aromatic carboxylic acids is 1. The first-order chi connectivity index (χ1) is 19.3. The SMILES string of the molecule is CC(NC(=O)c1ccc2c(c1)CCCN2Cc1cccc(-c2ccccc2C(=O)O)c1)c1ccc([N+](=O)[O-])cc1. The smallest absolute Gasteiger partial charge is 0.336 e. The van der Waals surface area contributed by atoms with E-state index in [1.165, 1.54) is 12.1 Å². The number of anilines is 1. The molecule has 0 saturated carbocycles. The van der Waals surface area contributed by atoms with Crippen LogP contribution in [0.25, 0.3) is 11.1 Å². The maximum atomic E-state index is 13.0. The fourth-order valence-electron chi connectivity index (χ4n) is 5.21. The number of carbonyl (C=O) groups excluding carboxylic acids is 1. The number of carbonyl (C=O) groups is 2. The number of hydrogen-bond acceptors (Lipinski definition) is 5. The summed E-state index contributed by atoms with van der Waals surface area (Å²) in [5.41, 5.74) is 6.46. The Bertz CT molecular complexity index is 1580. The van der Waals surface area contributed by atoms with Crippen LogP contribution in [0.3, 0.4) is 0 Å². The summed E-state index contributed by atoms with van der Waals surface area (Å²) in [5.74, 6) is -1.15. The topological polar surface area (TPSA) is 113 Å². The number of amides is 1. The van der Waals surface area contributed by atoms with Gasteiger partial charge in [-0.15, -0.1) is 0 Å². The quantitative estimate of drug-likeness (QED) is 0.199. The van der Waals surface area contributed by atoms with E-state index in [1.54, 1.807) is 24.3 Å². The van der Waals surface area contributed by atoms with E-state index in [0.29, 0.717) is 17.7 Å².